The van der Waals surface area contributed by atoms with E-state index in [1.54, 1.807) is 50.6 Å². The Bertz CT molecular complexity index is 2630. The van der Waals surface area contributed by atoms with Gasteiger partial charge in [0, 0.05) is 61.5 Å². The molecule has 4 fully saturated rings. The van der Waals surface area contributed by atoms with E-state index in [9.17, 15) is 14.4 Å². The Balaban J connectivity index is 0.809. The summed E-state index contributed by atoms with van der Waals surface area (Å²) >= 11 is 6.60. The first-order chi connectivity index (χ1) is 28.3. The summed E-state index contributed by atoms with van der Waals surface area (Å²) in [4.78, 5) is 48.9. The Kier molecular flexibility index (Phi) is 8.78. The summed E-state index contributed by atoms with van der Waals surface area (Å²) in [7, 11) is 3.25. The Morgan fingerprint density at radius 2 is 1.78 bits per heavy atom. The van der Waals surface area contributed by atoms with Crippen molar-refractivity contribution in [2.24, 2.45) is 25.4 Å². The third kappa shape index (κ3) is 6.48. The number of pyridine rings is 1. The van der Waals surface area contributed by atoms with Crippen molar-refractivity contribution in [3.05, 3.63) is 63.4 Å². The molecule has 2 aromatic carbocycles. The molecule has 2 amide bonds. The quantitative estimate of drug-likeness (QED) is 0.135. The molecule has 5 aliphatic rings. The van der Waals surface area contributed by atoms with Crippen molar-refractivity contribution in [2.45, 2.75) is 75.3 Å². The van der Waals surface area contributed by atoms with Crippen LogP contribution in [0.4, 0.5) is 42.0 Å². The smallest absolute Gasteiger partial charge is 0.301 e. The van der Waals surface area contributed by atoms with Gasteiger partial charge in [0.2, 0.25) is 23.5 Å². The third-order valence-corrected chi connectivity index (χ3v) is 13.2. The molecule has 0 radical (unpaired) electrons. The van der Waals surface area contributed by atoms with E-state index in [-0.39, 0.29) is 41.1 Å². The average molecular weight is 831 g/mol. The molecule has 2 atom stereocenters. The minimum Gasteiger partial charge on any atom is -0.480 e. The van der Waals surface area contributed by atoms with Gasteiger partial charge in [0.25, 0.3) is 5.56 Å². The predicted octanol–water partition coefficient (Wildman–Crippen LogP) is 6.35. The van der Waals surface area contributed by atoms with E-state index in [2.05, 4.69) is 36.2 Å². The van der Waals surface area contributed by atoms with Crippen LogP contribution in [0.5, 0.6) is 5.75 Å². The zero-order valence-electron chi connectivity index (χ0n) is 32.4. The summed E-state index contributed by atoms with van der Waals surface area (Å²) < 4.78 is 54.6. The molecule has 1 spiro atoms. The fraction of sp³-hybridized carbons (Fsp3) is 0.463. The predicted molar refractivity (Wildman–Crippen MR) is 216 cm³/mol. The number of alkyl halides is 2. The van der Waals surface area contributed by atoms with Gasteiger partial charge < -0.3 is 30.2 Å². The maximum atomic E-state index is 16.0. The van der Waals surface area contributed by atoms with Crippen LogP contribution < -0.4 is 36.5 Å². The minimum atomic E-state index is -3.15. The largest absolute Gasteiger partial charge is 0.480 e. The van der Waals surface area contributed by atoms with E-state index in [1.165, 1.54) is 9.25 Å². The number of aryl methyl sites for hydroxylation is 2. The molecule has 2 saturated carbocycles. The van der Waals surface area contributed by atoms with Crippen molar-refractivity contribution in [3.63, 3.8) is 0 Å². The van der Waals surface area contributed by atoms with Crippen LogP contribution in [-0.2, 0) is 23.7 Å². The average Bonchev–Trinajstić information content (AvgIpc) is 3.99. The standard InChI is InChI=1S/C41H42ClF3N10O4/c1-53-28-9-5-22(15-25(28)32-34(38(53)58)59-19-41(44,45)35(50-32)20-3-4-20)48-36-26(42)16-46-39(51-36)55-17-40(18-55)13-11-21(12-14-40)47-27-8-6-23-31(52-54(2)33(23)30(27)43)24-7-10-29(56)49-37(24)57/h5-6,8-9,15-16,20-21,24,35,47,50H,3-4,7,10-14,17-19H2,1-2H3,(H,46,48,51)(H,49,56,57)/t24?,35-/m0/s1. The van der Waals surface area contributed by atoms with E-state index in [1.807, 2.05) is 0 Å². The van der Waals surface area contributed by atoms with Crippen molar-refractivity contribution in [1.29, 1.82) is 0 Å². The highest BCUT2D eigenvalue weighted by Crippen LogP contribution is 2.48. The van der Waals surface area contributed by atoms with Crippen molar-refractivity contribution >= 4 is 74.0 Å². The van der Waals surface area contributed by atoms with Gasteiger partial charge in [-0.05, 0) is 81.2 Å². The summed E-state index contributed by atoms with van der Waals surface area (Å²) in [5, 5.41) is 18.0. The van der Waals surface area contributed by atoms with E-state index >= 15 is 13.2 Å². The van der Waals surface area contributed by atoms with Crippen molar-refractivity contribution in [1.82, 2.24) is 29.6 Å². The van der Waals surface area contributed by atoms with E-state index < -0.39 is 41.8 Å². The summed E-state index contributed by atoms with van der Waals surface area (Å²) in [6.07, 6.45) is 7.05. The second kappa shape index (κ2) is 13.7. The topological polar surface area (TPSA) is 160 Å². The molecule has 2 saturated heterocycles. The van der Waals surface area contributed by atoms with Gasteiger partial charge in [-0.15, -0.1) is 0 Å². The van der Waals surface area contributed by atoms with Gasteiger partial charge in [0.15, 0.2) is 18.2 Å². The van der Waals surface area contributed by atoms with Gasteiger partial charge in [0.1, 0.15) is 10.5 Å². The van der Waals surface area contributed by atoms with Crippen LogP contribution in [0, 0.1) is 17.2 Å². The number of nitrogens with zero attached hydrogens (tertiary/aromatic N) is 6. The molecule has 18 heteroatoms. The number of nitrogens with one attached hydrogen (secondary N) is 4. The molecular formula is C41H42ClF3N10O4. The SMILES string of the molecule is Cn1nc(C2CCC(=O)NC2=O)c2ccc(NC3CCC4(CC3)CN(c3ncc(Cl)c(Nc5ccc6c(c5)c5c(c(=O)n6C)OCC(F)(F)[C@H](C6CC6)N5)n3)C4)c(F)c21. The van der Waals surface area contributed by atoms with Gasteiger partial charge in [-0.3, -0.25) is 24.4 Å². The molecule has 4 N–H and O–H groups in total. The Hall–Kier alpha value is -5.58. The van der Waals surface area contributed by atoms with Crippen LogP contribution >= 0.6 is 11.6 Å². The lowest BCUT2D eigenvalue weighted by molar-refractivity contribution is -0.134. The van der Waals surface area contributed by atoms with E-state index in [0.717, 1.165) is 38.8 Å². The first-order valence-corrected chi connectivity index (χ1v) is 20.4. The minimum absolute atomic E-state index is 0.0734. The monoisotopic (exact) mass is 830 g/mol. The summed E-state index contributed by atoms with van der Waals surface area (Å²) in [6, 6.07) is 7.75. The normalized spacial score (nSPS) is 22.6. The van der Waals surface area contributed by atoms with Crippen LogP contribution in [0.2, 0.25) is 5.02 Å². The van der Waals surface area contributed by atoms with Gasteiger partial charge in [-0.1, -0.05) is 11.6 Å². The molecule has 59 heavy (non-hydrogen) atoms. The lowest BCUT2D eigenvalue weighted by atomic mass is 9.67. The van der Waals surface area contributed by atoms with Crippen LogP contribution in [0.3, 0.4) is 0 Å². The number of hydrogen-bond acceptors (Lipinski definition) is 11. The summed E-state index contributed by atoms with van der Waals surface area (Å²) in [5.74, 6) is -4.32. The maximum absolute atomic E-state index is 16.0. The fourth-order valence-electron chi connectivity index (χ4n) is 9.51. The molecule has 308 valence electrons. The van der Waals surface area contributed by atoms with Crippen molar-refractivity contribution in [3.8, 4) is 5.75 Å². The molecule has 1 unspecified atom stereocenters. The van der Waals surface area contributed by atoms with Crippen LogP contribution in [-0.4, -0.2) is 73.8 Å². The number of amides is 2. The second-order valence-electron chi connectivity index (χ2n) is 16.9. The molecule has 3 aromatic heterocycles. The number of fused-ring (bicyclic) bond motifs is 4. The molecule has 2 aliphatic carbocycles. The van der Waals surface area contributed by atoms with Crippen molar-refractivity contribution in [2.75, 3.05) is 40.5 Å². The Labute approximate surface area is 340 Å². The molecule has 6 heterocycles. The summed E-state index contributed by atoms with van der Waals surface area (Å²) in [6.45, 7) is 0.643. The number of rotatable bonds is 7. The lowest BCUT2D eigenvalue weighted by Crippen LogP contribution is -2.59. The third-order valence-electron chi connectivity index (χ3n) is 12.9. The molecule has 0 bridgehead atoms. The molecule has 5 aromatic rings. The zero-order valence-corrected chi connectivity index (χ0v) is 33.1. The molecular weight excluding hydrogens is 789 g/mol. The first kappa shape index (κ1) is 37.7. The van der Waals surface area contributed by atoms with E-state index in [4.69, 9.17) is 21.3 Å². The lowest BCUT2D eigenvalue weighted by Gasteiger charge is -2.53. The zero-order chi connectivity index (χ0) is 41.0. The van der Waals surface area contributed by atoms with Crippen molar-refractivity contribution < 1.29 is 27.5 Å². The number of hydrogen-bond donors (Lipinski definition) is 4. The Morgan fingerprint density at radius 1 is 1.00 bits per heavy atom. The maximum Gasteiger partial charge on any atom is 0.301 e. The number of carbonyl (C=O) groups is 2. The van der Waals surface area contributed by atoms with Crippen LogP contribution in [0.1, 0.15) is 63.0 Å². The van der Waals surface area contributed by atoms with E-state index in [0.29, 0.717) is 74.9 Å². The highest BCUT2D eigenvalue weighted by Gasteiger charge is 2.51. The number of halogens is 4. The molecule has 10 rings (SSSR count). The number of ether oxygens (including phenoxy) is 1. The van der Waals surface area contributed by atoms with Gasteiger partial charge in [-0.2, -0.15) is 10.1 Å². The van der Waals surface area contributed by atoms with Gasteiger partial charge >= 0.3 is 5.92 Å². The highest BCUT2D eigenvalue weighted by atomic mass is 35.5. The molecule has 14 nitrogen and oxygen atoms in total. The van der Waals surface area contributed by atoms with Crippen LogP contribution in [0.15, 0.2) is 41.3 Å². The second-order valence-corrected chi connectivity index (χ2v) is 17.3. The Morgan fingerprint density at radius 3 is 2.53 bits per heavy atom. The highest BCUT2D eigenvalue weighted by molar-refractivity contribution is 6.33. The van der Waals surface area contributed by atoms with Gasteiger partial charge in [0.05, 0.1) is 40.7 Å². The number of anilines is 5. The number of piperidine rings is 1. The fourth-order valence-corrected chi connectivity index (χ4v) is 9.65. The molecule has 3 aliphatic heterocycles. The number of aromatic nitrogens is 5. The van der Waals surface area contributed by atoms with Crippen LogP contribution in [0.25, 0.3) is 21.8 Å². The number of benzene rings is 2. The number of carbonyl (C=O) groups excluding carboxylic acids is 2. The summed E-state index contributed by atoms with van der Waals surface area (Å²) in [5.41, 5.74) is 2.16. The first-order valence-electron chi connectivity index (χ1n) is 20.0. The van der Waals surface area contributed by atoms with Gasteiger partial charge in [-0.25, -0.2) is 18.2 Å². The number of imide groups is 1.